The maximum absolute atomic E-state index is 5.92. The fourth-order valence-electron chi connectivity index (χ4n) is 2.19. The number of para-hydroxylation sites is 1. The van der Waals surface area contributed by atoms with Gasteiger partial charge in [-0.2, -0.15) is 5.10 Å². The molecule has 3 rings (SSSR count). The lowest BCUT2D eigenvalue weighted by atomic mass is 10.1. The number of nitrogens with zero attached hydrogens (tertiary/aromatic N) is 2. The molecule has 0 saturated heterocycles. The summed E-state index contributed by atoms with van der Waals surface area (Å²) >= 11 is 0. The fourth-order valence-corrected chi connectivity index (χ4v) is 2.19. The van der Waals surface area contributed by atoms with Crippen molar-refractivity contribution in [2.45, 2.75) is 13.1 Å². The van der Waals surface area contributed by atoms with E-state index >= 15 is 0 Å². The third kappa shape index (κ3) is 1.91. The SMILES string of the molecule is CNCc1c(Cn2cccn2)oc2ccccc12. The number of benzene rings is 1. The Morgan fingerprint density at radius 2 is 2.17 bits per heavy atom. The van der Waals surface area contributed by atoms with E-state index in [0.717, 1.165) is 17.9 Å². The summed E-state index contributed by atoms with van der Waals surface area (Å²) in [5, 5.41) is 8.59. The van der Waals surface area contributed by atoms with Crippen LogP contribution in [0.25, 0.3) is 11.0 Å². The number of hydrogen-bond acceptors (Lipinski definition) is 3. The van der Waals surface area contributed by atoms with Crippen LogP contribution in [0.1, 0.15) is 11.3 Å². The highest BCUT2D eigenvalue weighted by Crippen LogP contribution is 2.26. The Balaban J connectivity index is 2.06. The van der Waals surface area contributed by atoms with Crippen molar-refractivity contribution in [3.63, 3.8) is 0 Å². The predicted octanol–water partition coefficient (Wildman–Crippen LogP) is 2.40. The maximum Gasteiger partial charge on any atom is 0.134 e. The van der Waals surface area contributed by atoms with Gasteiger partial charge in [0.05, 0.1) is 6.54 Å². The average molecular weight is 241 g/mol. The Labute approximate surface area is 105 Å². The van der Waals surface area contributed by atoms with Gasteiger partial charge in [0.1, 0.15) is 11.3 Å². The second-order valence-corrected chi connectivity index (χ2v) is 4.23. The first-order chi connectivity index (χ1) is 8.88. The van der Waals surface area contributed by atoms with Gasteiger partial charge in [-0.05, 0) is 19.2 Å². The molecule has 0 fully saturated rings. The number of hydrogen-bond donors (Lipinski definition) is 1. The van der Waals surface area contributed by atoms with Crippen molar-refractivity contribution in [3.05, 3.63) is 54.0 Å². The Bertz CT molecular complexity index is 640. The summed E-state index contributed by atoms with van der Waals surface area (Å²) in [6, 6.07) is 10.0. The molecule has 3 aromatic rings. The second kappa shape index (κ2) is 4.66. The highest BCUT2D eigenvalue weighted by atomic mass is 16.3. The quantitative estimate of drug-likeness (QED) is 0.762. The number of furan rings is 1. The first-order valence-electron chi connectivity index (χ1n) is 6.00. The summed E-state index contributed by atoms with van der Waals surface area (Å²) in [7, 11) is 1.94. The van der Waals surface area contributed by atoms with Crippen LogP contribution in [0.15, 0.2) is 47.1 Å². The van der Waals surface area contributed by atoms with Crippen LogP contribution in [0.2, 0.25) is 0 Å². The zero-order valence-electron chi connectivity index (χ0n) is 10.3. The smallest absolute Gasteiger partial charge is 0.134 e. The molecular weight excluding hydrogens is 226 g/mol. The molecule has 1 aromatic carbocycles. The van der Waals surface area contributed by atoms with E-state index in [-0.39, 0.29) is 0 Å². The fraction of sp³-hybridized carbons (Fsp3) is 0.214. The lowest BCUT2D eigenvalue weighted by molar-refractivity contribution is 0.501. The molecule has 4 heteroatoms. The van der Waals surface area contributed by atoms with Crippen molar-refractivity contribution in [2.75, 3.05) is 7.05 Å². The van der Waals surface area contributed by atoms with Gasteiger partial charge in [0, 0.05) is 29.9 Å². The van der Waals surface area contributed by atoms with Gasteiger partial charge < -0.3 is 9.73 Å². The molecule has 0 spiro atoms. The summed E-state index contributed by atoms with van der Waals surface area (Å²) in [5.41, 5.74) is 2.15. The lowest BCUT2D eigenvalue weighted by Crippen LogP contribution is -2.08. The molecule has 4 nitrogen and oxygen atoms in total. The molecule has 0 aliphatic carbocycles. The molecule has 18 heavy (non-hydrogen) atoms. The van der Waals surface area contributed by atoms with Crippen molar-refractivity contribution in [2.24, 2.45) is 0 Å². The van der Waals surface area contributed by atoms with Crippen LogP contribution in [-0.2, 0) is 13.1 Å². The maximum atomic E-state index is 5.92. The summed E-state index contributed by atoms with van der Waals surface area (Å²) in [6.07, 6.45) is 3.72. The van der Waals surface area contributed by atoms with E-state index in [9.17, 15) is 0 Å². The van der Waals surface area contributed by atoms with E-state index in [1.54, 1.807) is 6.20 Å². The molecule has 92 valence electrons. The van der Waals surface area contributed by atoms with Crippen LogP contribution in [0.4, 0.5) is 0 Å². The van der Waals surface area contributed by atoms with Crippen molar-refractivity contribution < 1.29 is 4.42 Å². The molecule has 2 aromatic heterocycles. The summed E-state index contributed by atoms with van der Waals surface area (Å²) < 4.78 is 7.80. The molecule has 0 bridgehead atoms. The van der Waals surface area contributed by atoms with Crippen molar-refractivity contribution in [3.8, 4) is 0 Å². The third-order valence-corrected chi connectivity index (χ3v) is 3.00. The minimum atomic E-state index is 0.665. The predicted molar refractivity (Wildman–Crippen MR) is 70.3 cm³/mol. The van der Waals surface area contributed by atoms with Gasteiger partial charge >= 0.3 is 0 Å². The Morgan fingerprint density at radius 3 is 2.94 bits per heavy atom. The number of fused-ring (bicyclic) bond motifs is 1. The normalized spacial score (nSPS) is 11.2. The van der Waals surface area contributed by atoms with Gasteiger partial charge in [-0.3, -0.25) is 4.68 Å². The Kier molecular flexibility index (Phi) is 2.86. The molecule has 0 aliphatic heterocycles. The number of rotatable bonds is 4. The number of nitrogens with one attached hydrogen (secondary N) is 1. The van der Waals surface area contributed by atoms with Gasteiger partial charge in [0.2, 0.25) is 0 Å². The zero-order valence-corrected chi connectivity index (χ0v) is 10.3. The van der Waals surface area contributed by atoms with E-state index in [0.29, 0.717) is 6.54 Å². The van der Waals surface area contributed by atoms with Crippen molar-refractivity contribution in [1.82, 2.24) is 15.1 Å². The van der Waals surface area contributed by atoms with E-state index in [2.05, 4.69) is 16.5 Å². The molecule has 0 saturated carbocycles. The van der Waals surface area contributed by atoms with Crippen LogP contribution in [0.5, 0.6) is 0 Å². The van der Waals surface area contributed by atoms with Crippen molar-refractivity contribution in [1.29, 1.82) is 0 Å². The van der Waals surface area contributed by atoms with E-state index in [1.807, 2.05) is 42.2 Å². The van der Waals surface area contributed by atoms with Crippen molar-refractivity contribution >= 4 is 11.0 Å². The second-order valence-electron chi connectivity index (χ2n) is 4.23. The van der Waals surface area contributed by atoms with E-state index < -0.39 is 0 Å². The van der Waals surface area contributed by atoms with Crippen LogP contribution in [-0.4, -0.2) is 16.8 Å². The highest BCUT2D eigenvalue weighted by Gasteiger charge is 2.13. The number of aromatic nitrogens is 2. The monoisotopic (exact) mass is 241 g/mol. The first kappa shape index (κ1) is 11.0. The van der Waals surface area contributed by atoms with Crippen LogP contribution >= 0.6 is 0 Å². The standard InChI is InChI=1S/C14H15N3O/c1-15-9-12-11-5-2-3-6-13(11)18-14(12)10-17-8-4-7-16-17/h2-8,15H,9-10H2,1H3. The molecule has 0 atom stereocenters. The minimum Gasteiger partial charge on any atom is -0.459 e. The average Bonchev–Trinajstić information content (AvgIpc) is 3.00. The summed E-state index contributed by atoms with van der Waals surface area (Å²) in [6.45, 7) is 1.46. The van der Waals surface area contributed by atoms with Crippen LogP contribution < -0.4 is 5.32 Å². The lowest BCUT2D eigenvalue weighted by Gasteiger charge is -2.02. The topological polar surface area (TPSA) is 43.0 Å². The third-order valence-electron chi connectivity index (χ3n) is 3.00. The van der Waals surface area contributed by atoms with Crippen LogP contribution in [0, 0.1) is 0 Å². The highest BCUT2D eigenvalue weighted by molar-refractivity contribution is 5.82. The molecule has 0 aliphatic rings. The molecule has 2 heterocycles. The van der Waals surface area contributed by atoms with Gasteiger partial charge in [-0.25, -0.2) is 0 Å². The summed E-state index contributed by atoms with van der Waals surface area (Å²) in [5.74, 6) is 0.967. The zero-order chi connectivity index (χ0) is 12.4. The summed E-state index contributed by atoms with van der Waals surface area (Å²) in [4.78, 5) is 0. The minimum absolute atomic E-state index is 0.665. The molecule has 0 amide bonds. The molecular formula is C14H15N3O. The van der Waals surface area contributed by atoms with Gasteiger partial charge in [-0.1, -0.05) is 18.2 Å². The Morgan fingerprint density at radius 1 is 1.28 bits per heavy atom. The van der Waals surface area contributed by atoms with Gasteiger partial charge in [0.15, 0.2) is 0 Å². The first-order valence-corrected chi connectivity index (χ1v) is 6.00. The Hall–Kier alpha value is -2.07. The van der Waals surface area contributed by atoms with Crippen LogP contribution in [0.3, 0.4) is 0 Å². The van der Waals surface area contributed by atoms with E-state index in [1.165, 1.54) is 10.9 Å². The van der Waals surface area contributed by atoms with Gasteiger partial charge in [-0.15, -0.1) is 0 Å². The molecule has 1 N–H and O–H groups in total. The molecule has 0 radical (unpaired) electrons. The van der Waals surface area contributed by atoms with Gasteiger partial charge in [0.25, 0.3) is 0 Å². The van der Waals surface area contributed by atoms with E-state index in [4.69, 9.17) is 4.42 Å². The largest absolute Gasteiger partial charge is 0.459 e. The molecule has 0 unspecified atom stereocenters.